The maximum Gasteiger partial charge on any atom is 0.243 e. The van der Waals surface area contributed by atoms with E-state index in [4.69, 9.17) is 14.2 Å². The van der Waals surface area contributed by atoms with Crippen molar-refractivity contribution >= 4 is 10.0 Å². The third-order valence-corrected chi connectivity index (χ3v) is 7.08. The number of sulfonamides is 1. The zero-order valence-corrected chi connectivity index (χ0v) is 19.4. The first-order chi connectivity index (χ1) is 15.4. The van der Waals surface area contributed by atoms with Crippen molar-refractivity contribution in [2.45, 2.75) is 25.2 Å². The minimum absolute atomic E-state index is 0.213. The van der Waals surface area contributed by atoms with Gasteiger partial charge in [0.05, 0.1) is 24.7 Å². The minimum atomic E-state index is -3.61. The molecule has 9 heteroatoms. The molecule has 0 aliphatic carbocycles. The van der Waals surface area contributed by atoms with Gasteiger partial charge in [-0.25, -0.2) is 12.8 Å². The average Bonchev–Trinajstić information content (AvgIpc) is 2.79. The van der Waals surface area contributed by atoms with E-state index in [1.54, 1.807) is 30.3 Å². The van der Waals surface area contributed by atoms with Gasteiger partial charge in [-0.05, 0) is 56.7 Å². The van der Waals surface area contributed by atoms with E-state index in [-0.39, 0.29) is 10.7 Å². The van der Waals surface area contributed by atoms with Crippen molar-refractivity contribution in [2.75, 3.05) is 52.5 Å². The van der Waals surface area contributed by atoms with Crippen molar-refractivity contribution in [3.8, 4) is 17.2 Å². The fourth-order valence-electron chi connectivity index (χ4n) is 3.54. The molecule has 0 bridgehead atoms. The number of nitrogens with zero attached hydrogens (tertiary/aromatic N) is 2. The summed E-state index contributed by atoms with van der Waals surface area (Å²) in [6.07, 6.45) is 0.806. The largest absolute Gasteiger partial charge is 0.494 e. The van der Waals surface area contributed by atoms with Crippen LogP contribution >= 0.6 is 0 Å². The normalized spacial score (nSPS) is 15.5. The molecule has 0 unspecified atom stereocenters. The van der Waals surface area contributed by atoms with Crippen molar-refractivity contribution in [3.63, 3.8) is 0 Å². The molecule has 1 heterocycles. The molecule has 1 aliphatic heterocycles. The molecule has 7 nitrogen and oxygen atoms in total. The predicted molar refractivity (Wildman–Crippen MR) is 120 cm³/mol. The van der Waals surface area contributed by atoms with Gasteiger partial charge in [0.25, 0.3) is 0 Å². The Hall–Kier alpha value is -2.36. The molecule has 1 saturated heterocycles. The fourth-order valence-corrected chi connectivity index (χ4v) is 4.98. The van der Waals surface area contributed by atoms with E-state index in [0.717, 1.165) is 13.0 Å². The average molecular weight is 467 g/mol. The Labute approximate surface area is 189 Å². The minimum Gasteiger partial charge on any atom is -0.494 e. The van der Waals surface area contributed by atoms with Gasteiger partial charge in [-0.15, -0.1) is 0 Å². The molecule has 3 rings (SSSR count). The Balaban J connectivity index is 1.50. The van der Waals surface area contributed by atoms with E-state index in [1.807, 2.05) is 13.8 Å². The number of hydrogen-bond donors (Lipinski definition) is 0. The fraction of sp³-hybridized carbons (Fsp3) is 0.478. The van der Waals surface area contributed by atoms with Crippen LogP contribution in [0.1, 0.15) is 20.3 Å². The third-order valence-electron chi connectivity index (χ3n) is 5.18. The van der Waals surface area contributed by atoms with Crippen LogP contribution < -0.4 is 14.2 Å². The molecule has 0 amide bonds. The lowest BCUT2D eigenvalue weighted by molar-refractivity contribution is 0.174. The zero-order chi connectivity index (χ0) is 23.0. The van der Waals surface area contributed by atoms with Gasteiger partial charge in [-0.1, -0.05) is 0 Å². The summed E-state index contributed by atoms with van der Waals surface area (Å²) in [6, 6.07) is 10.7. The van der Waals surface area contributed by atoms with E-state index in [2.05, 4.69) is 4.90 Å². The van der Waals surface area contributed by atoms with Crippen LogP contribution in [0.3, 0.4) is 0 Å². The van der Waals surface area contributed by atoms with Gasteiger partial charge in [-0.3, -0.25) is 0 Å². The first kappa shape index (κ1) is 24.3. The van der Waals surface area contributed by atoms with Crippen LogP contribution in [0.4, 0.5) is 4.39 Å². The lowest BCUT2D eigenvalue weighted by Crippen LogP contribution is -2.48. The van der Waals surface area contributed by atoms with E-state index >= 15 is 0 Å². The second kappa shape index (κ2) is 11.5. The molecule has 0 spiro atoms. The molecule has 0 saturated carbocycles. The van der Waals surface area contributed by atoms with Crippen molar-refractivity contribution < 1.29 is 27.0 Å². The summed E-state index contributed by atoms with van der Waals surface area (Å²) in [4.78, 5) is 2.44. The first-order valence-corrected chi connectivity index (χ1v) is 12.4. The first-order valence-electron chi connectivity index (χ1n) is 10.9. The van der Waals surface area contributed by atoms with Crippen molar-refractivity contribution in [1.82, 2.24) is 9.21 Å². The highest BCUT2D eigenvalue weighted by atomic mass is 32.2. The Kier molecular flexibility index (Phi) is 8.72. The van der Waals surface area contributed by atoms with Crippen LogP contribution in [0.15, 0.2) is 47.4 Å². The number of benzene rings is 2. The van der Waals surface area contributed by atoms with Crippen LogP contribution in [-0.2, 0) is 10.0 Å². The summed E-state index contributed by atoms with van der Waals surface area (Å²) in [5.41, 5.74) is 0. The summed E-state index contributed by atoms with van der Waals surface area (Å²) in [5.74, 6) is 1.34. The van der Waals surface area contributed by atoms with Crippen LogP contribution in [-0.4, -0.2) is 70.2 Å². The number of rotatable bonds is 11. The molecule has 0 radical (unpaired) electrons. The molecule has 0 atom stereocenters. The zero-order valence-electron chi connectivity index (χ0n) is 18.6. The topological polar surface area (TPSA) is 68.3 Å². The molecule has 2 aromatic carbocycles. The van der Waals surface area contributed by atoms with Crippen molar-refractivity contribution in [3.05, 3.63) is 48.3 Å². The highest BCUT2D eigenvalue weighted by molar-refractivity contribution is 7.89. The van der Waals surface area contributed by atoms with Crippen molar-refractivity contribution in [2.24, 2.45) is 0 Å². The molecule has 32 heavy (non-hydrogen) atoms. The molecule has 0 aromatic heterocycles. The highest BCUT2D eigenvalue weighted by Gasteiger charge is 2.29. The van der Waals surface area contributed by atoms with Gasteiger partial charge in [-0.2, -0.15) is 4.31 Å². The lowest BCUT2D eigenvalue weighted by Gasteiger charge is -2.34. The standard InChI is InChI=1S/C23H31FN2O5S/c1-3-29-22-11-10-21(18-23(22)30-4-2)32(27,28)26-15-13-25(14-16-26)12-5-17-31-20-8-6-19(24)7-9-20/h6-11,18H,3-5,12-17H2,1-2H3. The molecule has 0 N–H and O–H groups in total. The van der Waals surface area contributed by atoms with Gasteiger partial charge in [0.15, 0.2) is 11.5 Å². The Morgan fingerprint density at radius 1 is 0.875 bits per heavy atom. The van der Waals surface area contributed by atoms with Gasteiger partial charge >= 0.3 is 0 Å². The van der Waals surface area contributed by atoms with E-state index in [1.165, 1.54) is 16.4 Å². The number of hydrogen-bond acceptors (Lipinski definition) is 6. The van der Waals surface area contributed by atoms with E-state index in [9.17, 15) is 12.8 Å². The Bertz CT molecular complexity index is 961. The summed E-state index contributed by atoms with van der Waals surface area (Å²) < 4.78 is 57.4. The van der Waals surface area contributed by atoms with Crippen molar-refractivity contribution in [1.29, 1.82) is 0 Å². The van der Waals surface area contributed by atoms with Crippen LogP contribution in [0.5, 0.6) is 17.2 Å². The summed E-state index contributed by atoms with van der Waals surface area (Å²) in [5, 5.41) is 0. The smallest absolute Gasteiger partial charge is 0.243 e. The predicted octanol–water partition coefficient (Wildman–Crippen LogP) is 3.40. The van der Waals surface area contributed by atoms with Crippen LogP contribution in [0.2, 0.25) is 0 Å². The molecule has 2 aromatic rings. The molecule has 1 aliphatic rings. The van der Waals surface area contributed by atoms with E-state index < -0.39 is 10.0 Å². The van der Waals surface area contributed by atoms with Crippen LogP contribution in [0.25, 0.3) is 0 Å². The second-order valence-corrected chi connectivity index (χ2v) is 9.31. The number of ether oxygens (including phenoxy) is 3. The maximum absolute atomic E-state index is 13.1. The molecular weight excluding hydrogens is 435 g/mol. The summed E-state index contributed by atoms with van der Waals surface area (Å²) in [6.45, 7) is 8.13. The highest BCUT2D eigenvalue weighted by Crippen LogP contribution is 2.31. The Morgan fingerprint density at radius 2 is 1.53 bits per heavy atom. The lowest BCUT2D eigenvalue weighted by atomic mass is 10.3. The van der Waals surface area contributed by atoms with Gasteiger partial charge < -0.3 is 19.1 Å². The molecule has 1 fully saturated rings. The number of halogens is 1. The summed E-state index contributed by atoms with van der Waals surface area (Å²) >= 11 is 0. The molecular formula is C23H31FN2O5S. The van der Waals surface area contributed by atoms with E-state index in [0.29, 0.717) is 63.2 Å². The summed E-state index contributed by atoms with van der Waals surface area (Å²) in [7, 11) is -3.61. The van der Waals surface area contributed by atoms with Crippen LogP contribution in [0, 0.1) is 5.82 Å². The van der Waals surface area contributed by atoms with Gasteiger partial charge in [0.2, 0.25) is 10.0 Å². The molecule has 176 valence electrons. The monoisotopic (exact) mass is 466 g/mol. The third kappa shape index (κ3) is 6.34. The quantitative estimate of drug-likeness (QED) is 0.473. The SMILES string of the molecule is CCOc1ccc(S(=O)(=O)N2CCN(CCCOc3ccc(F)cc3)CC2)cc1OCC. The number of piperazine rings is 1. The van der Waals surface area contributed by atoms with Gasteiger partial charge in [0, 0.05) is 38.8 Å². The Morgan fingerprint density at radius 3 is 2.19 bits per heavy atom. The maximum atomic E-state index is 13.1. The van der Waals surface area contributed by atoms with Gasteiger partial charge in [0.1, 0.15) is 11.6 Å². The second-order valence-electron chi connectivity index (χ2n) is 7.38.